The topological polar surface area (TPSA) is 98.2 Å². The van der Waals surface area contributed by atoms with Gasteiger partial charge in [0.05, 0.1) is 5.39 Å². The molecule has 138 valence electrons. The van der Waals surface area contributed by atoms with Gasteiger partial charge in [0, 0.05) is 18.8 Å². The molecule has 3 N–H and O–H groups in total. The van der Waals surface area contributed by atoms with Crippen molar-refractivity contribution >= 4 is 28.5 Å². The van der Waals surface area contributed by atoms with Crippen molar-refractivity contribution in [2.45, 2.75) is 51.4 Å². The fraction of sp³-hybridized carbons (Fsp3) is 0.550. The number of furan rings is 1. The van der Waals surface area contributed by atoms with Gasteiger partial charge < -0.3 is 15.5 Å². The second kappa shape index (κ2) is 7.09. The Morgan fingerprint density at radius 2 is 1.96 bits per heavy atom. The van der Waals surface area contributed by atoms with Crippen LogP contribution in [0.2, 0.25) is 0 Å². The zero-order valence-electron chi connectivity index (χ0n) is 14.9. The minimum absolute atomic E-state index is 0.0202. The molecule has 2 heterocycles. The molecule has 26 heavy (non-hydrogen) atoms. The lowest BCUT2D eigenvalue weighted by atomic mass is 9.82. The molecule has 0 aromatic carbocycles. The predicted octanol–water partition coefficient (Wildman–Crippen LogP) is 3.86. The highest BCUT2D eigenvalue weighted by Crippen LogP contribution is 2.46. The van der Waals surface area contributed by atoms with Crippen molar-refractivity contribution in [1.29, 1.82) is 0 Å². The zero-order valence-corrected chi connectivity index (χ0v) is 14.9. The zero-order chi connectivity index (χ0) is 18.1. The second-order valence-corrected chi connectivity index (χ2v) is 7.77. The van der Waals surface area contributed by atoms with E-state index in [4.69, 9.17) is 10.2 Å². The molecule has 0 bridgehead atoms. The number of nitrogens with zero attached hydrogens (tertiary/aromatic N) is 1. The molecule has 2 aliphatic rings. The molecule has 0 radical (unpaired) electrons. The van der Waals surface area contributed by atoms with Crippen LogP contribution in [-0.2, 0) is 4.79 Å². The molecular formula is C20H25N3O3. The summed E-state index contributed by atoms with van der Waals surface area (Å²) in [6, 6.07) is 1.65. The number of hydrogen-bond acceptors (Lipinski definition) is 4. The quantitative estimate of drug-likeness (QED) is 0.851. The summed E-state index contributed by atoms with van der Waals surface area (Å²) in [6.07, 6.45) is 12.5. The highest BCUT2D eigenvalue weighted by molar-refractivity contribution is 6.10. The number of aromatic nitrogens is 1. The van der Waals surface area contributed by atoms with Crippen LogP contribution in [0.4, 0.5) is 5.69 Å². The highest BCUT2D eigenvalue weighted by Gasteiger charge is 2.35. The number of rotatable bonds is 5. The van der Waals surface area contributed by atoms with E-state index in [2.05, 4.69) is 10.3 Å². The number of fused-ring (bicyclic) bond motifs is 2. The van der Waals surface area contributed by atoms with Crippen LogP contribution in [-0.4, -0.2) is 16.8 Å². The number of primary amides is 1. The Balaban J connectivity index is 1.40. The second-order valence-electron chi connectivity index (χ2n) is 7.77. The summed E-state index contributed by atoms with van der Waals surface area (Å²) < 4.78 is 5.47. The fourth-order valence-corrected chi connectivity index (χ4v) is 4.87. The first-order valence-electron chi connectivity index (χ1n) is 9.58. The van der Waals surface area contributed by atoms with Crippen LogP contribution in [0.15, 0.2) is 22.9 Å². The first-order valence-corrected chi connectivity index (χ1v) is 9.58. The smallest absolute Gasteiger partial charge is 0.286 e. The molecule has 6 heteroatoms. The van der Waals surface area contributed by atoms with Gasteiger partial charge in [0.1, 0.15) is 11.3 Å². The largest absolute Gasteiger partial charge is 0.448 e. The van der Waals surface area contributed by atoms with Gasteiger partial charge in [0.15, 0.2) is 0 Å². The van der Waals surface area contributed by atoms with Gasteiger partial charge in [0.25, 0.3) is 5.91 Å². The molecule has 6 nitrogen and oxygen atoms in total. The maximum Gasteiger partial charge on any atom is 0.286 e. The number of amides is 2. The first-order chi connectivity index (χ1) is 12.6. The van der Waals surface area contributed by atoms with E-state index in [1.807, 2.05) is 0 Å². The van der Waals surface area contributed by atoms with E-state index in [0.717, 1.165) is 18.3 Å². The Kier molecular flexibility index (Phi) is 4.66. The molecule has 0 spiro atoms. The third-order valence-electron chi connectivity index (χ3n) is 6.10. The lowest BCUT2D eigenvalue weighted by molar-refractivity contribution is -0.116. The molecule has 2 saturated carbocycles. The maximum absolute atomic E-state index is 12.5. The van der Waals surface area contributed by atoms with Crippen molar-refractivity contribution in [2.24, 2.45) is 23.5 Å². The van der Waals surface area contributed by atoms with E-state index in [1.54, 1.807) is 18.5 Å². The van der Waals surface area contributed by atoms with E-state index in [0.29, 0.717) is 29.0 Å². The summed E-state index contributed by atoms with van der Waals surface area (Å²) in [4.78, 5) is 28.2. The lowest BCUT2D eigenvalue weighted by Crippen LogP contribution is -2.17. The van der Waals surface area contributed by atoms with E-state index in [9.17, 15) is 9.59 Å². The molecule has 2 aromatic heterocycles. The average Bonchev–Trinajstić information content (AvgIpc) is 3.21. The van der Waals surface area contributed by atoms with Crippen molar-refractivity contribution in [3.8, 4) is 0 Å². The summed E-state index contributed by atoms with van der Waals surface area (Å²) in [6.45, 7) is 0. The number of carbonyl (C=O) groups is 2. The van der Waals surface area contributed by atoms with Gasteiger partial charge in [-0.05, 0) is 43.1 Å². The summed E-state index contributed by atoms with van der Waals surface area (Å²) >= 11 is 0. The molecule has 2 aromatic rings. The summed E-state index contributed by atoms with van der Waals surface area (Å²) in [7, 11) is 0. The van der Waals surface area contributed by atoms with Gasteiger partial charge in [-0.3, -0.25) is 14.6 Å². The van der Waals surface area contributed by atoms with Crippen LogP contribution in [0.25, 0.3) is 11.0 Å². The molecule has 2 amide bonds. The van der Waals surface area contributed by atoms with Crippen molar-refractivity contribution in [3.05, 3.63) is 24.2 Å². The Labute approximate surface area is 152 Å². The standard InChI is InChI=1S/C20H25N3O3/c21-20(25)19-18(15-11-22-8-7-16(15)26-19)23-17(24)6-5-12-9-13-3-1-2-4-14(13)10-12/h7-8,11-14H,1-6,9-10H2,(H2,21,25)(H,23,24). The highest BCUT2D eigenvalue weighted by atomic mass is 16.3. The number of hydrogen-bond donors (Lipinski definition) is 2. The summed E-state index contributed by atoms with van der Waals surface area (Å²) in [5.74, 6) is 1.58. The van der Waals surface area contributed by atoms with Crippen molar-refractivity contribution in [2.75, 3.05) is 5.32 Å². The number of pyridine rings is 1. The number of anilines is 1. The Hall–Kier alpha value is -2.37. The van der Waals surface area contributed by atoms with Crippen LogP contribution in [0.3, 0.4) is 0 Å². The molecule has 2 aliphatic carbocycles. The van der Waals surface area contributed by atoms with E-state index in [-0.39, 0.29) is 11.7 Å². The van der Waals surface area contributed by atoms with Crippen molar-refractivity contribution < 1.29 is 14.0 Å². The Morgan fingerprint density at radius 1 is 1.23 bits per heavy atom. The number of nitrogens with one attached hydrogen (secondary N) is 1. The summed E-state index contributed by atoms with van der Waals surface area (Å²) in [5, 5.41) is 3.43. The monoisotopic (exact) mass is 355 g/mol. The molecule has 0 saturated heterocycles. The van der Waals surface area contributed by atoms with Gasteiger partial charge in [-0.2, -0.15) is 0 Å². The molecular weight excluding hydrogens is 330 g/mol. The molecule has 2 fully saturated rings. The van der Waals surface area contributed by atoms with Gasteiger partial charge in [-0.15, -0.1) is 0 Å². The van der Waals surface area contributed by atoms with E-state index >= 15 is 0 Å². The van der Waals surface area contributed by atoms with Crippen LogP contribution < -0.4 is 11.1 Å². The SMILES string of the molecule is NC(=O)c1oc2ccncc2c1NC(=O)CCC1CC2CCCCC2C1. The first kappa shape index (κ1) is 17.1. The van der Waals surface area contributed by atoms with Crippen molar-refractivity contribution in [1.82, 2.24) is 4.98 Å². The molecule has 4 rings (SSSR count). The third kappa shape index (κ3) is 3.32. The van der Waals surface area contributed by atoms with Gasteiger partial charge in [-0.25, -0.2) is 0 Å². The lowest BCUT2D eigenvalue weighted by Gasteiger charge is -2.24. The van der Waals surface area contributed by atoms with E-state index < -0.39 is 5.91 Å². The fourth-order valence-electron chi connectivity index (χ4n) is 4.87. The van der Waals surface area contributed by atoms with Crippen LogP contribution >= 0.6 is 0 Å². The Morgan fingerprint density at radius 3 is 2.65 bits per heavy atom. The minimum atomic E-state index is -0.698. The molecule has 2 atom stereocenters. The van der Waals surface area contributed by atoms with Crippen LogP contribution in [0.5, 0.6) is 0 Å². The maximum atomic E-state index is 12.5. The predicted molar refractivity (Wildman–Crippen MR) is 98.6 cm³/mol. The average molecular weight is 355 g/mol. The van der Waals surface area contributed by atoms with Crippen LogP contribution in [0, 0.1) is 17.8 Å². The van der Waals surface area contributed by atoms with Gasteiger partial charge in [-0.1, -0.05) is 25.7 Å². The Bertz CT molecular complexity index is 815. The normalized spacial score (nSPS) is 25.2. The third-order valence-corrected chi connectivity index (χ3v) is 6.10. The molecule has 2 unspecified atom stereocenters. The summed E-state index contributed by atoms with van der Waals surface area (Å²) in [5.41, 5.74) is 6.22. The van der Waals surface area contributed by atoms with Crippen molar-refractivity contribution in [3.63, 3.8) is 0 Å². The van der Waals surface area contributed by atoms with Crippen LogP contribution in [0.1, 0.15) is 61.9 Å². The molecule has 0 aliphatic heterocycles. The van der Waals surface area contributed by atoms with E-state index in [1.165, 1.54) is 38.5 Å². The number of nitrogens with two attached hydrogens (primary N) is 1. The minimum Gasteiger partial charge on any atom is -0.448 e. The number of carbonyl (C=O) groups excluding carboxylic acids is 2. The van der Waals surface area contributed by atoms with Gasteiger partial charge >= 0.3 is 0 Å². The van der Waals surface area contributed by atoms with Gasteiger partial charge in [0.2, 0.25) is 11.7 Å².